The summed E-state index contributed by atoms with van der Waals surface area (Å²) < 4.78 is 3.71. The molecular weight excluding hydrogens is 512 g/mol. The summed E-state index contributed by atoms with van der Waals surface area (Å²) in [6, 6.07) is 29.9. The van der Waals surface area contributed by atoms with Crippen molar-refractivity contribution in [3.63, 3.8) is 0 Å². The van der Waals surface area contributed by atoms with Gasteiger partial charge in [0.1, 0.15) is 0 Å². The Kier molecular flexibility index (Phi) is 6.03. The Morgan fingerprint density at radius 1 is 0.526 bits per heavy atom. The predicted octanol–water partition coefficient (Wildman–Crippen LogP) is 6.58. The molecule has 0 unspecified atom stereocenters. The van der Waals surface area contributed by atoms with Gasteiger partial charge in [-0.05, 0) is 84.1 Å². The average molecular weight is 533 g/mol. The minimum absolute atomic E-state index is 0.155. The monoisotopic (exact) mass is 532 g/mol. The van der Waals surface area contributed by atoms with Crippen molar-refractivity contribution in [2.24, 2.45) is 0 Å². The first kappa shape index (κ1) is 23.7. The minimum Gasteiger partial charge on any atom is -0.331 e. The highest BCUT2D eigenvalue weighted by molar-refractivity contribution is 7.71. The van der Waals surface area contributed by atoms with E-state index in [0.29, 0.717) is 31.7 Å². The van der Waals surface area contributed by atoms with E-state index in [1.165, 1.54) is 9.13 Å². The molecule has 0 fully saturated rings. The van der Waals surface area contributed by atoms with E-state index in [-0.39, 0.29) is 11.1 Å². The van der Waals surface area contributed by atoms with Crippen LogP contribution in [0.5, 0.6) is 0 Å². The lowest BCUT2D eigenvalue weighted by molar-refractivity contribution is 0.940. The SMILES string of the molecule is O=c1c2ccccc2[nH]c(=S)n1-c1ccc(/C=C/c2ccc(-n3c(=S)[nH]c4ccccc4c3=O)cc2)cc1. The standard InChI is InChI=1S/C30H20N4O2S2/c35-27-23-5-1-3-7-25(23)31-29(37)33(27)21-15-11-19(12-16-21)9-10-20-13-17-22(18-14-20)34-28(36)24-6-2-4-8-26(24)32-30(34)38/h1-18H,(H,31,37)(H,32,38)/b10-9+. The number of rotatable bonds is 4. The molecule has 2 aromatic heterocycles. The van der Waals surface area contributed by atoms with Crippen LogP contribution in [0.15, 0.2) is 107 Å². The van der Waals surface area contributed by atoms with Crippen molar-refractivity contribution in [2.45, 2.75) is 0 Å². The van der Waals surface area contributed by atoms with Crippen LogP contribution >= 0.6 is 24.4 Å². The minimum atomic E-state index is -0.155. The van der Waals surface area contributed by atoms with E-state index < -0.39 is 0 Å². The highest BCUT2D eigenvalue weighted by Crippen LogP contribution is 2.16. The molecule has 0 bridgehead atoms. The van der Waals surface area contributed by atoms with Crippen molar-refractivity contribution in [1.82, 2.24) is 19.1 Å². The molecule has 0 aliphatic rings. The second kappa shape index (κ2) is 9.66. The van der Waals surface area contributed by atoms with Crippen LogP contribution in [-0.4, -0.2) is 19.1 Å². The first-order valence-corrected chi connectivity index (χ1v) is 12.7. The molecule has 8 heteroatoms. The summed E-state index contributed by atoms with van der Waals surface area (Å²) >= 11 is 10.9. The Labute approximate surface area is 226 Å². The molecule has 2 heterocycles. The molecule has 0 saturated carbocycles. The van der Waals surface area contributed by atoms with Crippen LogP contribution in [0.1, 0.15) is 11.1 Å². The van der Waals surface area contributed by atoms with Crippen LogP contribution in [0, 0.1) is 9.54 Å². The summed E-state index contributed by atoms with van der Waals surface area (Å²) in [7, 11) is 0. The number of hydrogen-bond acceptors (Lipinski definition) is 4. The van der Waals surface area contributed by atoms with Gasteiger partial charge in [0.25, 0.3) is 11.1 Å². The number of aromatic nitrogens is 4. The van der Waals surface area contributed by atoms with Crippen molar-refractivity contribution in [2.75, 3.05) is 0 Å². The van der Waals surface area contributed by atoms with E-state index in [2.05, 4.69) is 9.97 Å². The number of para-hydroxylation sites is 2. The zero-order chi connectivity index (χ0) is 26.2. The second-order valence-corrected chi connectivity index (χ2v) is 9.52. The number of benzene rings is 4. The molecule has 0 saturated heterocycles. The van der Waals surface area contributed by atoms with Gasteiger partial charge in [-0.1, -0.05) is 60.7 Å². The third kappa shape index (κ3) is 4.26. The molecule has 0 aliphatic heterocycles. The van der Waals surface area contributed by atoms with E-state index in [0.717, 1.165) is 22.2 Å². The fourth-order valence-corrected chi connectivity index (χ4v) is 5.05. The Balaban J connectivity index is 1.26. The van der Waals surface area contributed by atoms with Crippen LogP contribution in [0.4, 0.5) is 0 Å². The number of nitrogens with zero attached hydrogens (tertiary/aromatic N) is 2. The number of aromatic amines is 2. The smallest absolute Gasteiger partial charge is 0.266 e. The van der Waals surface area contributed by atoms with Crippen LogP contribution in [0.2, 0.25) is 0 Å². The van der Waals surface area contributed by atoms with Crippen LogP contribution in [0.3, 0.4) is 0 Å². The molecule has 0 amide bonds. The maximum absolute atomic E-state index is 13.0. The van der Waals surface area contributed by atoms with E-state index in [9.17, 15) is 9.59 Å². The topological polar surface area (TPSA) is 75.6 Å². The second-order valence-electron chi connectivity index (χ2n) is 8.75. The molecule has 4 aromatic carbocycles. The third-order valence-electron chi connectivity index (χ3n) is 6.38. The van der Waals surface area contributed by atoms with Crippen molar-refractivity contribution < 1.29 is 0 Å². The fourth-order valence-electron chi connectivity index (χ4n) is 4.46. The van der Waals surface area contributed by atoms with Crippen LogP contribution in [-0.2, 0) is 0 Å². The predicted molar refractivity (Wildman–Crippen MR) is 158 cm³/mol. The van der Waals surface area contributed by atoms with Gasteiger partial charge in [0.15, 0.2) is 9.54 Å². The fraction of sp³-hybridized carbons (Fsp3) is 0. The molecule has 38 heavy (non-hydrogen) atoms. The molecule has 6 rings (SSSR count). The van der Waals surface area contributed by atoms with Crippen LogP contribution < -0.4 is 11.1 Å². The first-order valence-electron chi connectivity index (χ1n) is 11.9. The highest BCUT2D eigenvalue weighted by Gasteiger charge is 2.08. The van der Waals surface area contributed by atoms with Gasteiger partial charge >= 0.3 is 0 Å². The summed E-state index contributed by atoms with van der Waals surface area (Å²) in [5, 5.41) is 1.17. The normalized spacial score (nSPS) is 11.5. The lowest BCUT2D eigenvalue weighted by Gasteiger charge is -2.09. The maximum atomic E-state index is 13.0. The van der Waals surface area contributed by atoms with E-state index >= 15 is 0 Å². The van der Waals surface area contributed by atoms with Gasteiger partial charge < -0.3 is 9.97 Å². The zero-order valence-corrected chi connectivity index (χ0v) is 21.6. The molecule has 184 valence electrons. The van der Waals surface area contributed by atoms with Gasteiger partial charge in [-0.2, -0.15) is 0 Å². The van der Waals surface area contributed by atoms with Gasteiger partial charge in [-0.25, -0.2) is 0 Å². The van der Waals surface area contributed by atoms with Gasteiger partial charge in [0, 0.05) is 0 Å². The van der Waals surface area contributed by atoms with Crippen molar-refractivity contribution in [1.29, 1.82) is 0 Å². The molecule has 0 atom stereocenters. The van der Waals surface area contributed by atoms with Gasteiger partial charge in [0.05, 0.1) is 33.2 Å². The van der Waals surface area contributed by atoms with Gasteiger partial charge in [-0.3, -0.25) is 18.7 Å². The Hall–Kier alpha value is -4.66. The zero-order valence-electron chi connectivity index (χ0n) is 19.9. The van der Waals surface area contributed by atoms with Crippen molar-refractivity contribution in [3.8, 4) is 11.4 Å². The number of fused-ring (bicyclic) bond motifs is 2. The molecule has 0 aliphatic carbocycles. The largest absolute Gasteiger partial charge is 0.331 e. The van der Waals surface area contributed by atoms with E-state index in [1.807, 2.05) is 97.1 Å². The highest BCUT2D eigenvalue weighted by atomic mass is 32.1. The number of hydrogen-bond donors (Lipinski definition) is 2. The molecule has 6 nitrogen and oxygen atoms in total. The first-order chi connectivity index (χ1) is 18.5. The Bertz CT molecular complexity index is 1950. The summed E-state index contributed by atoms with van der Waals surface area (Å²) in [6.45, 7) is 0. The summed E-state index contributed by atoms with van der Waals surface area (Å²) in [6.07, 6.45) is 3.97. The Morgan fingerprint density at radius 3 is 1.29 bits per heavy atom. The third-order valence-corrected chi connectivity index (χ3v) is 6.95. The van der Waals surface area contributed by atoms with Crippen molar-refractivity contribution >= 4 is 58.4 Å². The van der Waals surface area contributed by atoms with E-state index in [1.54, 1.807) is 12.1 Å². The maximum Gasteiger partial charge on any atom is 0.266 e. The molecule has 6 aromatic rings. The average Bonchev–Trinajstić information content (AvgIpc) is 2.93. The van der Waals surface area contributed by atoms with Gasteiger partial charge in [-0.15, -0.1) is 0 Å². The lowest BCUT2D eigenvalue weighted by Crippen LogP contribution is -2.20. The number of nitrogens with one attached hydrogen (secondary N) is 2. The molecule has 0 radical (unpaired) electrons. The Morgan fingerprint density at radius 2 is 0.895 bits per heavy atom. The molecule has 2 N–H and O–H groups in total. The lowest BCUT2D eigenvalue weighted by atomic mass is 10.1. The summed E-state index contributed by atoms with van der Waals surface area (Å²) in [5.74, 6) is 0. The molecule has 0 spiro atoms. The number of H-pyrrole nitrogens is 2. The quantitative estimate of drug-likeness (QED) is 0.199. The van der Waals surface area contributed by atoms with Crippen LogP contribution in [0.25, 0.3) is 45.3 Å². The molecular formula is C30H20N4O2S2. The summed E-state index contributed by atoms with van der Waals surface area (Å²) in [4.78, 5) is 32.3. The van der Waals surface area contributed by atoms with Crippen molar-refractivity contribution in [3.05, 3.63) is 138 Å². The summed E-state index contributed by atoms with van der Waals surface area (Å²) in [5.41, 5.74) is 4.45. The van der Waals surface area contributed by atoms with Gasteiger partial charge in [0.2, 0.25) is 0 Å². The van der Waals surface area contributed by atoms with E-state index in [4.69, 9.17) is 24.4 Å².